The lowest BCUT2D eigenvalue weighted by Gasteiger charge is -2.34. The van der Waals surface area contributed by atoms with Gasteiger partial charge >= 0.3 is 5.69 Å². The van der Waals surface area contributed by atoms with Crippen molar-refractivity contribution in [2.45, 2.75) is 46.2 Å². The molecule has 1 aliphatic carbocycles. The number of rotatable bonds is 3. The molecular formula is C18H25N3O3. The summed E-state index contributed by atoms with van der Waals surface area (Å²) in [5.74, 6) is 1.96. The van der Waals surface area contributed by atoms with Crippen LogP contribution < -0.4 is 16.6 Å². The van der Waals surface area contributed by atoms with Crippen LogP contribution in [0.4, 0.5) is 0 Å². The maximum atomic E-state index is 12.3. The molecular weight excluding hydrogens is 306 g/mol. The molecule has 2 aromatic rings. The summed E-state index contributed by atoms with van der Waals surface area (Å²) in [7, 11) is 3.17. The normalized spacial score (nSPS) is 19.3. The van der Waals surface area contributed by atoms with Crippen molar-refractivity contribution in [2.24, 2.45) is 19.5 Å². The molecule has 6 heteroatoms. The molecule has 0 bridgehead atoms. The second-order valence-corrected chi connectivity index (χ2v) is 7.63. The minimum atomic E-state index is -0.310. The van der Waals surface area contributed by atoms with Crippen LogP contribution in [0.15, 0.2) is 26.3 Å². The molecule has 3 rings (SSSR count). The van der Waals surface area contributed by atoms with Crippen LogP contribution >= 0.6 is 0 Å². The van der Waals surface area contributed by atoms with E-state index in [0.717, 1.165) is 28.9 Å². The molecule has 2 aromatic heterocycles. The van der Waals surface area contributed by atoms with E-state index >= 15 is 0 Å². The number of nitrogens with one attached hydrogen (secondary N) is 1. The van der Waals surface area contributed by atoms with Gasteiger partial charge in [0.05, 0.1) is 0 Å². The van der Waals surface area contributed by atoms with Gasteiger partial charge < -0.3 is 14.3 Å². The first-order valence-electron chi connectivity index (χ1n) is 8.26. The summed E-state index contributed by atoms with van der Waals surface area (Å²) in [5.41, 5.74) is 1.36. The Hall–Kier alpha value is -2.08. The van der Waals surface area contributed by atoms with Crippen molar-refractivity contribution in [3.05, 3.63) is 55.7 Å². The van der Waals surface area contributed by atoms with Gasteiger partial charge in [0, 0.05) is 50.4 Å². The quantitative estimate of drug-likeness (QED) is 0.931. The molecule has 0 saturated heterocycles. The zero-order chi connectivity index (χ0) is 17.6. The molecule has 0 fully saturated rings. The Balaban J connectivity index is 1.87. The number of fused-ring (bicyclic) bond motifs is 1. The average molecular weight is 331 g/mol. The smallest absolute Gasteiger partial charge is 0.330 e. The van der Waals surface area contributed by atoms with Crippen molar-refractivity contribution < 1.29 is 4.42 Å². The number of aryl methyl sites for hydroxylation is 2. The van der Waals surface area contributed by atoms with E-state index in [4.69, 9.17) is 4.42 Å². The topological polar surface area (TPSA) is 69.2 Å². The SMILES string of the molecule is Cc1cc2c(o1)CC(C)(C)CC2NCc1cn(C)c(=O)n(C)c1=O. The predicted octanol–water partition coefficient (Wildman–Crippen LogP) is 1.79. The largest absolute Gasteiger partial charge is 0.466 e. The number of nitrogens with zero attached hydrogens (tertiary/aromatic N) is 2. The van der Waals surface area contributed by atoms with Crippen molar-refractivity contribution in [3.8, 4) is 0 Å². The summed E-state index contributed by atoms with van der Waals surface area (Å²) in [4.78, 5) is 24.1. The first-order valence-corrected chi connectivity index (χ1v) is 8.26. The number of aromatic nitrogens is 2. The van der Waals surface area contributed by atoms with E-state index in [9.17, 15) is 9.59 Å². The third-order valence-electron chi connectivity index (χ3n) is 4.79. The van der Waals surface area contributed by atoms with E-state index < -0.39 is 0 Å². The first kappa shape index (κ1) is 16.8. The van der Waals surface area contributed by atoms with Crippen molar-refractivity contribution in [1.82, 2.24) is 14.5 Å². The third kappa shape index (κ3) is 2.98. The van der Waals surface area contributed by atoms with Gasteiger partial charge in [0.25, 0.3) is 5.56 Å². The van der Waals surface area contributed by atoms with Crippen LogP contribution in [0.5, 0.6) is 0 Å². The molecule has 0 aromatic carbocycles. The van der Waals surface area contributed by atoms with Gasteiger partial charge in [-0.1, -0.05) is 13.8 Å². The Labute approximate surface area is 141 Å². The van der Waals surface area contributed by atoms with Gasteiger partial charge in [-0.25, -0.2) is 4.79 Å². The summed E-state index contributed by atoms with van der Waals surface area (Å²) >= 11 is 0. The Morgan fingerprint density at radius 1 is 1.33 bits per heavy atom. The molecule has 24 heavy (non-hydrogen) atoms. The van der Waals surface area contributed by atoms with Gasteiger partial charge in [-0.15, -0.1) is 0 Å². The minimum Gasteiger partial charge on any atom is -0.466 e. The van der Waals surface area contributed by atoms with Gasteiger partial charge in [0.2, 0.25) is 0 Å². The van der Waals surface area contributed by atoms with Crippen LogP contribution in [0.3, 0.4) is 0 Å². The molecule has 130 valence electrons. The van der Waals surface area contributed by atoms with E-state index in [-0.39, 0.29) is 22.7 Å². The van der Waals surface area contributed by atoms with Crippen LogP contribution in [0.1, 0.15) is 49.0 Å². The van der Waals surface area contributed by atoms with E-state index in [1.165, 1.54) is 17.2 Å². The Morgan fingerprint density at radius 3 is 2.75 bits per heavy atom. The van der Waals surface area contributed by atoms with Crippen molar-refractivity contribution in [3.63, 3.8) is 0 Å². The minimum absolute atomic E-state index is 0.142. The van der Waals surface area contributed by atoms with Gasteiger partial charge in [-0.3, -0.25) is 9.36 Å². The highest BCUT2D eigenvalue weighted by Gasteiger charge is 2.34. The van der Waals surface area contributed by atoms with Gasteiger partial charge in [-0.05, 0) is 24.8 Å². The first-order chi connectivity index (χ1) is 11.2. The van der Waals surface area contributed by atoms with Gasteiger partial charge in [-0.2, -0.15) is 0 Å². The average Bonchev–Trinajstić information content (AvgIpc) is 2.86. The van der Waals surface area contributed by atoms with E-state index in [1.807, 2.05) is 6.92 Å². The molecule has 0 saturated carbocycles. The second kappa shape index (κ2) is 5.77. The monoisotopic (exact) mass is 331 g/mol. The molecule has 1 N–H and O–H groups in total. The fourth-order valence-corrected chi connectivity index (χ4v) is 3.60. The van der Waals surface area contributed by atoms with Crippen LogP contribution in [-0.4, -0.2) is 9.13 Å². The maximum absolute atomic E-state index is 12.3. The number of hydrogen-bond donors (Lipinski definition) is 1. The highest BCUT2D eigenvalue weighted by atomic mass is 16.3. The molecule has 0 spiro atoms. The van der Waals surface area contributed by atoms with Crippen LogP contribution in [-0.2, 0) is 27.1 Å². The van der Waals surface area contributed by atoms with Gasteiger partial charge in [0.15, 0.2) is 0 Å². The molecule has 0 amide bonds. The van der Waals surface area contributed by atoms with Crippen molar-refractivity contribution in [1.29, 1.82) is 0 Å². The van der Waals surface area contributed by atoms with Crippen molar-refractivity contribution in [2.75, 3.05) is 0 Å². The summed E-state index contributed by atoms with van der Waals surface area (Å²) in [6, 6.07) is 2.23. The van der Waals surface area contributed by atoms with Crippen LogP contribution in [0.25, 0.3) is 0 Å². The summed E-state index contributed by atoms with van der Waals surface area (Å²) in [6.07, 6.45) is 3.52. The Kier molecular flexibility index (Phi) is 4.03. The molecule has 1 aliphatic rings. The summed E-state index contributed by atoms with van der Waals surface area (Å²) in [6.45, 7) is 6.84. The van der Waals surface area contributed by atoms with Crippen LogP contribution in [0, 0.1) is 12.3 Å². The Bertz CT molecular complexity index is 886. The molecule has 2 heterocycles. The van der Waals surface area contributed by atoms with Crippen LogP contribution in [0.2, 0.25) is 0 Å². The highest BCUT2D eigenvalue weighted by Crippen LogP contribution is 2.42. The summed E-state index contributed by atoms with van der Waals surface area (Å²) in [5, 5.41) is 3.49. The van der Waals surface area contributed by atoms with Gasteiger partial charge in [0.1, 0.15) is 11.5 Å². The molecule has 6 nitrogen and oxygen atoms in total. The zero-order valence-electron chi connectivity index (χ0n) is 15.0. The fraction of sp³-hybridized carbons (Fsp3) is 0.556. The van der Waals surface area contributed by atoms with E-state index in [1.54, 1.807) is 13.2 Å². The second-order valence-electron chi connectivity index (χ2n) is 7.63. The number of furan rings is 1. The predicted molar refractivity (Wildman–Crippen MR) is 92.1 cm³/mol. The van der Waals surface area contributed by atoms with E-state index in [2.05, 4.69) is 25.2 Å². The number of hydrogen-bond acceptors (Lipinski definition) is 4. The third-order valence-corrected chi connectivity index (χ3v) is 4.79. The Morgan fingerprint density at radius 2 is 2.04 bits per heavy atom. The lowest BCUT2D eigenvalue weighted by Crippen LogP contribution is -2.40. The highest BCUT2D eigenvalue weighted by molar-refractivity contribution is 5.29. The summed E-state index contributed by atoms with van der Waals surface area (Å²) < 4.78 is 8.44. The zero-order valence-corrected chi connectivity index (χ0v) is 15.0. The lowest BCUT2D eigenvalue weighted by molar-refractivity contribution is 0.233. The van der Waals surface area contributed by atoms with Crippen molar-refractivity contribution >= 4 is 0 Å². The van der Waals surface area contributed by atoms with E-state index in [0.29, 0.717) is 12.1 Å². The standard InChI is InChI=1S/C18H25N3O3/c1-11-6-13-14(7-18(2,3)8-15(13)24-11)19-9-12-10-20(4)17(23)21(5)16(12)22/h6,10,14,19H,7-9H2,1-5H3. The fourth-order valence-electron chi connectivity index (χ4n) is 3.60. The lowest BCUT2D eigenvalue weighted by atomic mass is 9.74. The maximum Gasteiger partial charge on any atom is 0.330 e. The molecule has 0 radical (unpaired) electrons. The molecule has 1 atom stereocenters. The molecule has 0 aliphatic heterocycles. The molecule has 1 unspecified atom stereocenters.